The second kappa shape index (κ2) is 3.25. The lowest BCUT2D eigenvalue weighted by Crippen LogP contribution is -2.14. The van der Waals surface area contributed by atoms with E-state index >= 15 is 0 Å². The van der Waals surface area contributed by atoms with E-state index in [2.05, 4.69) is 0 Å². The van der Waals surface area contributed by atoms with Crippen molar-refractivity contribution in [2.75, 3.05) is 0 Å². The number of hydrogen-bond donors (Lipinski definition) is 1. The number of carboxylic acid groups (broad SMARTS) is 1. The van der Waals surface area contributed by atoms with Crippen molar-refractivity contribution in [2.24, 2.45) is 0 Å². The van der Waals surface area contributed by atoms with Crippen LogP contribution in [0.25, 0.3) is 0 Å². The van der Waals surface area contributed by atoms with Crippen molar-refractivity contribution in [1.29, 1.82) is 0 Å². The highest BCUT2D eigenvalue weighted by molar-refractivity contribution is 6.40. The van der Waals surface area contributed by atoms with Gasteiger partial charge in [0, 0.05) is 5.56 Å². The minimum Gasteiger partial charge on any atom is -0.475 e. The van der Waals surface area contributed by atoms with Crippen LogP contribution < -0.4 is 0 Å². The van der Waals surface area contributed by atoms with Gasteiger partial charge < -0.3 is 5.11 Å². The number of aliphatic carboxylic acids is 1. The summed E-state index contributed by atoms with van der Waals surface area (Å²) in [5.74, 6) is -1.78. The molecule has 0 aliphatic heterocycles. The molecule has 1 aromatic rings. The van der Waals surface area contributed by atoms with E-state index in [-0.39, 0.29) is 0 Å². The normalized spacial score (nSPS) is 15.1. The van der Waals surface area contributed by atoms with E-state index in [0.717, 1.165) is 18.4 Å². The third-order valence-electron chi connectivity index (χ3n) is 2.42. The van der Waals surface area contributed by atoms with Gasteiger partial charge in [-0.25, -0.2) is 4.79 Å². The second-order valence-electron chi connectivity index (χ2n) is 3.50. The van der Waals surface area contributed by atoms with Gasteiger partial charge in [0.05, 0.1) is 0 Å². The second-order valence-corrected chi connectivity index (χ2v) is 3.50. The summed E-state index contributed by atoms with van der Waals surface area (Å²) in [5, 5.41) is 8.61. The van der Waals surface area contributed by atoms with E-state index in [0.29, 0.717) is 11.5 Å². The number of rotatable bonds is 3. The van der Waals surface area contributed by atoms with Gasteiger partial charge in [-0.2, -0.15) is 0 Å². The molecular formula is C11H10O3. The van der Waals surface area contributed by atoms with E-state index in [1.807, 2.05) is 12.1 Å². The maximum absolute atomic E-state index is 11.3. The molecule has 1 aliphatic carbocycles. The maximum atomic E-state index is 11.3. The minimum absolute atomic E-state index is 0.350. The fourth-order valence-corrected chi connectivity index (χ4v) is 1.57. The zero-order chi connectivity index (χ0) is 10.1. The topological polar surface area (TPSA) is 54.4 Å². The van der Waals surface area contributed by atoms with Crippen LogP contribution in [0, 0.1) is 0 Å². The molecule has 1 fully saturated rings. The number of hydrogen-bond acceptors (Lipinski definition) is 2. The lowest BCUT2D eigenvalue weighted by molar-refractivity contribution is -0.131. The minimum atomic E-state index is -1.38. The molecule has 0 saturated heterocycles. The first-order valence-electron chi connectivity index (χ1n) is 4.56. The lowest BCUT2D eigenvalue weighted by atomic mass is 10.00. The molecule has 0 bridgehead atoms. The summed E-state index contributed by atoms with van der Waals surface area (Å²) in [6.07, 6.45) is 2.12. The van der Waals surface area contributed by atoms with Crippen molar-refractivity contribution in [3.8, 4) is 0 Å². The quantitative estimate of drug-likeness (QED) is 0.584. The Hall–Kier alpha value is -1.64. The van der Waals surface area contributed by atoms with Crippen molar-refractivity contribution < 1.29 is 14.7 Å². The highest BCUT2D eigenvalue weighted by atomic mass is 16.4. The summed E-state index contributed by atoms with van der Waals surface area (Å²) in [6, 6.07) is 6.96. The van der Waals surface area contributed by atoms with Gasteiger partial charge in [-0.3, -0.25) is 4.79 Å². The number of carbonyl (C=O) groups is 2. The fraction of sp³-hybridized carbons (Fsp3) is 0.273. The molecule has 0 amide bonds. The average Bonchev–Trinajstić information content (AvgIpc) is 3.00. The number of Topliss-reactive ketones (excluding diaryl/α,β-unsaturated/α-hetero) is 1. The largest absolute Gasteiger partial charge is 0.475 e. The molecule has 1 saturated carbocycles. The van der Waals surface area contributed by atoms with Gasteiger partial charge in [-0.05, 0) is 24.3 Å². The van der Waals surface area contributed by atoms with Crippen molar-refractivity contribution in [2.45, 2.75) is 18.8 Å². The summed E-state index contributed by atoms with van der Waals surface area (Å²) in [7, 11) is 0. The number of ketones is 1. The Bertz CT molecular complexity index is 391. The van der Waals surface area contributed by atoms with Crippen molar-refractivity contribution in [1.82, 2.24) is 0 Å². The van der Waals surface area contributed by atoms with Gasteiger partial charge in [0.25, 0.3) is 5.78 Å². The molecule has 0 radical (unpaired) electrons. The van der Waals surface area contributed by atoms with Gasteiger partial charge in [0.1, 0.15) is 0 Å². The van der Waals surface area contributed by atoms with Crippen LogP contribution in [0.5, 0.6) is 0 Å². The van der Waals surface area contributed by atoms with Crippen LogP contribution in [0.1, 0.15) is 34.7 Å². The molecular weight excluding hydrogens is 180 g/mol. The molecule has 1 aliphatic rings. The monoisotopic (exact) mass is 190 g/mol. The Kier molecular flexibility index (Phi) is 2.08. The SMILES string of the molecule is O=C(O)C(=O)c1ccccc1C1CC1. The molecule has 3 nitrogen and oxygen atoms in total. The van der Waals surface area contributed by atoms with Gasteiger partial charge in [0.2, 0.25) is 0 Å². The Labute approximate surface area is 81.4 Å². The van der Waals surface area contributed by atoms with Crippen LogP contribution in [0.4, 0.5) is 0 Å². The Morgan fingerprint density at radius 1 is 1.21 bits per heavy atom. The van der Waals surface area contributed by atoms with E-state index in [1.165, 1.54) is 0 Å². The summed E-state index contributed by atoms with van der Waals surface area (Å²) in [6.45, 7) is 0. The molecule has 72 valence electrons. The molecule has 0 atom stereocenters. The predicted molar refractivity (Wildman–Crippen MR) is 50.4 cm³/mol. The molecule has 0 unspecified atom stereocenters. The standard InChI is InChI=1S/C11H10O3/c12-10(11(13)14)9-4-2-1-3-8(9)7-5-6-7/h1-4,7H,5-6H2,(H,13,14). The smallest absolute Gasteiger partial charge is 0.377 e. The average molecular weight is 190 g/mol. The molecule has 0 spiro atoms. The van der Waals surface area contributed by atoms with Crippen LogP contribution in [-0.2, 0) is 4.79 Å². The van der Waals surface area contributed by atoms with Gasteiger partial charge in [-0.15, -0.1) is 0 Å². The van der Waals surface area contributed by atoms with Gasteiger partial charge in [-0.1, -0.05) is 24.3 Å². The first-order valence-corrected chi connectivity index (χ1v) is 4.56. The van der Waals surface area contributed by atoms with Crippen LogP contribution in [-0.4, -0.2) is 16.9 Å². The highest BCUT2D eigenvalue weighted by Gasteiger charge is 2.29. The zero-order valence-corrected chi connectivity index (χ0v) is 7.56. The fourth-order valence-electron chi connectivity index (χ4n) is 1.57. The number of carboxylic acids is 1. The molecule has 14 heavy (non-hydrogen) atoms. The molecule has 2 rings (SSSR count). The Morgan fingerprint density at radius 2 is 1.86 bits per heavy atom. The van der Waals surface area contributed by atoms with Crippen molar-refractivity contribution >= 4 is 11.8 Å². The molecule has 0 heterocycles. The van der Waals surface area contributed by atoms with E-state index in [1.54, 1.807) is 12.1 Å². The van der Waals surface area contributed by atoms with Gasteiger partial charge in [0.15, 0.2) is 0 Å². The van der Waals surface area contributed by atoms with Gasteiger partial charge >= 0.3 is 5.97 Å². The zero-order valence-electron chi connectivity index (χ0n) is 7.56. The molecule has 1 aromatic carbocycles. The van der Waals surface area contributed by atoms with Crippen molar-refractivity contribution in [3.05, 3.63) is 35.4 Å². The third-order valence-corrected chi connectivity index (χ3v) is 2.42. The van der Waals surface area contributed by atoms with E-state index in [9.17, 15) is 9.59 Å². The lowest BCUT2D eigenvalue weighted by Gasteiger charge is -2.03. The predicted octanol–water partition coefficient (Wildman–Crippen LogP) is 1.83. The third kappa shape index (κ3) is 1.53. The summed E-state index contributed by atoms with van der Waals surface area (Å²) < 4.78 is 0. The summed E-state index contributed by atoms with van der Waals surface area (Å²) in [4.78, 5) is 21.8. The van der Waals surface area contributed by atoms with Crippen LogP contribution in [0.15, 0.2) is 24.3 Å². The van der Waals surface area contributed by atoms with E-state index < -0.39 is 11.8 Å². The highest BCUT2D eigenvalue weighted by Crippen LogP contribution is 2.41. The van der Waals surface area contributed by atoms with Crippen LogP contribution in [0.2, 0.25) is 0 Å². The van der Waals surface area contributed by atoms with Crippen LogP contribution in [0.3, 0.4) is 0 Å². The first kappa shape index (κ1) is 8.94. The van der Waals surface area contributed by atoms with Crippen molar-refractivity contribution in [3.63, 3.8) is 0 Å². The Balaban J connectivity index is 2.40. The summed E-state index contributed by atoms with van der Waals surface area (Å²) in [5.41, 5.74) is 1.24. The molecule has 0 aromatic heterocycles. The number of benzene rings is 1. The first-order chi connectivity index (χ1) is 6.70. The number of carbonyl (C=O) groups excluding carboxylic acids is 1. The maximum Gasteiger partial charge on any atom is 0.377 e. The molecule has 1 N–H and O–H groups in total. The van der Waals surface area contributed by atoms with Crippen LogP contribution >= 0.6 is 0 Å². The summed E-state index contributed by atoms with van der Waals surface area (Å²) >= 11 is 0. The Morgan fingerprint density at radius 3 is 2.43 bits per heavy atom. The molecule has 3 heteroatoms. The van der Waals surface area contributed by atoms with E-state index in [4.69, 9.17) is 5.11 Å².